The van der Waals surface area contributed by atoms with E-state index in [1.807, 2.05) is 18.7 Å². The van der Waals surface area contributed by atoms with Gasteiger partial charge in [-0.1, -0.05) is 13.8 Å². The van der Waals surface area contributed by atoms with Gasteiger partial charge in [-0.2, -0.15) is 0 Å². The number of carbonyl (C=O) groups excluding carboxylic acids is 2. The zero-order chi connectivity index (χ0) is 19.8. The van der Waals surface area contributed by atoms with E-state index in [1.165, 1.54) is 18.2 Å². The Morgan fingerprint density at radius 3 is 2.56 bits per heavy atom. The van der Waals surface area contributed by atoms with Crippen molar-refractivity contribution in [3.63, 3.8) is 0 Å². The quantitative estimate of drug-likeness (QED) is 0.417. The van der Waals surface area contributed by atoms with E-state index in [9.17, 15) is 19.7 Å². The van der Waals surface area contributed by atoms with Crippen LogP contribution in [0.4, 0.5) is 11.4 Å². The van der Waals surface area contributed by atoms with E-state index in [4.69, 9.17) is 9.47 Å². The summed E-state index contributed by atoms with van der Waals surface area (Å²) in [4.78, 5) is 36.8. The molecule has 0 aliphatic carbocycles. The predicted octanol–water partition coefficient (Wildman–Crippen LogP) is 1.89. The Morgan fingerprint density at radius 2 is 1.96 bits per heavy atom. The molecular weight excluding hydrogens is 354 g/mol. The van der Waals surface area contributed by atoms with E-state index in [0.29, 0.717) is 32.0 Å². The lowest BCUT2D eigenvalue weighted by Gasteiger charge is -2.28. The zero-order valence-corrected chi connectivity index (χ0v) is 15.6. The summed E-state index contributed by atoms with van der Waals surface area (Å²) in [5, 5.41) is 14.2. The summed E-state index contributed by atoms with van der Waals surface area (Å²) in [7, 11) is 0. The van der Waals surface area contributed by atoms with E-state index in [1.54, 1.807) is 0 Å². The van der Waals surface area contributed by atoms with Gasteiger partial charge in [0, 0.05) is 25.2 Å². The van der Waals surface area contributed by atoms with Gasteiger partial charge < -0.3 is 19.7 Å². The summed E-state index contributed by atoms with van der Waals surface area (Å²) in [6.07, 6.45) is 1.57. The van der Waals surface area contributed by atoms with Gasteiger partial charge in [-0.05, 0) is 25.0 Å². The number of hydrogen-bond donors (Lipinski definition) is 1. The number of morpholine rings is 1. The van der Waals surface area contributed by atoms with Crippen LogP contribution < -0.4 is 10.2 Å². The molecule has 148 valence electrons. The SMILES string of the molecule is CCC(CC)NC(=O)COC(=O)c1ccc(N2CCOCC2)c([N+](=O)[O-])c1. The molecule has 0 bridgehead atoms. The minimum atomic E-state index is -0.772. The smallest absolute Gasteiger partial charge is 0.338 e. The van der Waals surface area contributed by atoms with Crippen molar-refractivity contribution >= 4 is 23.3 Å². The number of nitrogens with zero attached hydrogens (tertiary/aromatic N) is 2. The van der Waals surface area contributed by atoms with Crippen LogP contribution in [0.2, 0.25) is 0 Å². The molecule has 1 fully saturated rings. The van der Waals surface area contributed by atoms with Crippen molar-refractivity contribution in [2.75, 3.05) is 37.8 Å². The molecular formula is C18H25N3O6. The molecule has 1 aromatic rings. The van der Waals surface area contributed by atoms with Gasteiger partial charge in [-0.3, -0.25) is 14.9 Å². The van der Waals surface area contributed by atoms with E-state index < -0.39 is 23.4 Å². The second-order valence-electron chi connectivity index (χ2n) is 6.22. The molecule has 0 atom stereocenters. The molecule has 0 spiro atoms. The second-order valence-corrected chi connectivity index (χ2v) is 6.22. The molecule has 9 nitrogen and oxygen atoms in total. The molecule has 1 aliphatic heterocycles. The van der Waals surface area contributed by atoms with Gasteiger partial charge in [0.25, 0.3) is 11.6 Å². The number of anilines is 1. The van der Waals surface area contributed by atoms with Crippen LogP contribution in [-0.2, 0) is 14.3 Å². The molecule has 1 amide bonds. The monoisotopic (exact) mass is 379 g/mol. The Kier molecular flexibility index (Phi) is 7.54. The first-order valence-corrected chi connectivity index (χ1v) is 9.03. The molecule has 0 unspecified atom stereocenters. The molecule has 1 heterocycles. The van der Waals surface area contributed by atoms with Crippen LogP contribution in [0.15, 0.2) is 18.2 Å². The molecule has 0 aromatic heterocycles. The van der Waals surface area contributed by atoms with Crippen LogP contribution in [-0.4, -0.2) is 55.8 Å². The van der Waals surface area contributed by atoms with Crippen molar-refractivity contribution in [2.45, 2.75) is 32.7 Å². The number of rotatable bonds is 8. The molecule has 1 saturated heterocycles. The number of esters is 1. The molecule has 1 N–H and O–H groups in total. The molecule has 1 aromatic carbocycles. The highest BCUT2D eigenvalue weighted by Gasteiger charge is 2.24. The van der Waals surface area contributed by atoms with Crippen molar-refractivity contribution in [2.24, 2.45) is 0 Å². The second kappa shape index (κ2) is 9.86. The van der Waals surface area contributed by atoms with Gasteiger partial charge in [-0.15, -0.1) is 0 Å². The van der Waals surface area contributed by atoms with Crippen molar-refractivity contribution in [3.05, 3.63) is 33.9 Å². The lowest BCUT2D eigenvalue weighted by Crippen LogP contribution is -2.37. The largest absolute Gasteiger partial charge is 0.452 e. The Bertz CT molecular complexity index is 684. The fourth-order valence-corrected chi connectivity index (χ4v) is 2.84. The van der Waals surface area contributed by atoms with E-state index in [2.05, 4.69) is 5.32 Å². The fourth-order valence-electron chi connectivity index (χ4n) is 2.84. The number of ether oxygens (including phenoxy) is 2. The van der Waals surface area contributed by atoms with Gasteiger partial charge in [0.1, 0.15) is 5.69 Å². The van der Waals surface area contributed by atoms with Crippen LogP contribution in [0, 0.1) is 10.1 Å². The fraction of sp³-hybridized carbons (Fsp3) is 0.556. The molecule has 0 saturated carbocycles. The van der Waals surface area contributed by atoms with Crippen LogP contribution >= 0.6 is 0 Å². The Balaban J connectivity index is 2.04. The normalized spacial score (nSPS) is 14.1. The van der Waals surface area contributed by atoms with Crippen molar-refractivity contribution in [1.82, 2.24) is 5.32 Å². The molecule has 2 rings (SSSR count). The number of nitrogens with one attached hydrogen (secondary N) is 1. The third kappa shape index (κ3) is 5.65. The summed E-state index contributed by atoms with van der Waals surface area (Å²) in [5.74, 6) is -1.16. The number of carbonyl (C=O) groups is 2. The molecule has 9 heteroatoms. The number of nitro groups is 1. The molecule has 1 aliphatic rings. The summed E-state index contributed by atoms with van der Waals surface area (Å²) >= 11 is 0. The lowest BCUT2D eigenvalue weighted by atomic mass is 10.1. The standard InChI is InChI=1S/C18H25N3O6/c1-3-14(4-2)19-17(22)12-27-18(23)13-5-6-15(16(11-13)21(24)25)20-7-9-26-10-8-20/h5-6,11,14H,3-4,7-10,12H2,1-2H3,(H,19,22). The van der Waals surface area contributed by atoms with Gasteiger partial charge in [-0.25, -0.2) is 4.79 Å². The van der Waals surface area contributed by atoms with Crippen molar-refractivity contribution < 1.29 is 24.0 Å². The van der Waals surface area contributed by atoms with Gasteiger partial charge in [0.2, 0.25) is 0 Å². The summed E-state index contributed by atoms with van der Waals surface area (Å²) < 4.78 is 10.3. The number of benzene rings is 1. The lowest BCUT2D eigenvalue weighted by molar-refractivity contribution is -0.384. The van der Waals surface area contributed by atoms with Crippen molar-refractivity contribution in [1.29, 1.82) is 0 Å². The first-order chi connectivity index (χ1) is 13.0. The number of nitro benzene ring substituents is 1. The third-order valence-electron chi connectivity index (χ3n) is 4.44. The van der Waals surface area contributed by atoms with E-state index in [0.717, 1.165) is 12.8 Å². The molecule has 0 radical (unpaired) electrons. The topological polar surface area (TPSA) is 111 Å². The third-order valence-corrected chi connectivity index (χ3v) is 4.44. The first-order valence-electron chi connectivity index (χ1n) is 9.03. The van der Waals surface area contributed by atoms with Gasteiger partial charge in [0.05, 0.1) is 23.7 Å². The number of amides is 1. The summed E-state index contributed by atoms with van der Waals surface area (Å²) in [6, 6.07) is 4.22. The summed E-state index contributed by atoms with van der Waals surface area (Å²) in [6.45, 7) is 5.56. The van der Waals surface area contributed by atoms with Crippen LogP contribution in [0.25, 0.3) is 0 Å². The minimum Gasteiger partial charge on any atom is -0.452 e. The average molecular weight is 379 g/mol. The minimum absolute atomic E-state index is 0.0325. The maximum atomic E-state index is 12.2. The zero-order valence-electron chi connectivity index (χ0n) is 15.6. The Morgan fingerprint density at radius 1 is 1.30 bits per heavy atom. The molecule has 27 heavy (non-hydrogen) atoms. The Hall–Kier alpha value is -2.68. The van der Waals surface area contributed by atoms with Crippen LogP contribution in [0.5, 0.6) is 0 Å². The van der Waals surface area contributed by atoms with Crippen LogP contribution in [0.3, 0.4) is 0 Å². The maximum Gasteiger partial charge on any atom is 0.338 e. The van der Waals surface area contributed by atoms with Gasteiger partial charge in [0.15, 0.2) is 6.61 Å². The van der Waals surface area contributed by atoms with Gasteiger partial charge >= 0.3 is 5.97 Å². The highest BCUT2D eigenvalue weighted by Crippen LogP contribution is 2.30. The summed E-state index contributed by atoms with van der Waals surface area (Å²) in [5.41, 5.74) is 0.299. The average Bonchev–Trinajstić information content (AvgIpc) is 2.70. The maximum absolute atomic E-state index is 12.2. The highest BCUT2D eigenvalue weighted by molar-refractivity contribution is 5.93. The number of hydrogen-bond acceptors (Lipinski definition) is 7. The Labute approximate surface area is 157 Å². The highest BCUT2D eigenvalue weighted by atomic mass is 16.6. The first kappa shape index (κ1) is 20.6. The van der Waals surface area contributed by atoms with E-state index >= 15 is 0 Å². The van der Waals surface area contributed by atoms with Crippen molar-refractivity contribution in [3.8, 4) is 0 Å². The van der Waals surface area contributed by atoms with Crippen LogP contribution in [0.1, 0.15) is 37.0 Å². The predicted molar refractivity (Wildman–Crippen MR) is 98.9 cm³/mol. The van der Waals surface area contributed by atoms with E-state index in [-0.39, 0.29) is 17.3 Å².